The number of hydrogen-bond donors (Lipinski definition) is 2. The lowest BCUT2D eigenvalue weighted by atomic mass is 10.0. The molecule has 0 aromatic carbocycles. The molecule has 0 spiro atoms. The molecule has 0 bridgehead atoms. The summed E-state index contributed by atoms with van der Waals surface area (Å²) < 4.78 is 1.54. The molecule has 0 fully saturated rings. The minimum absolute atomic E-state index is 0.0242. The maximum absolute atomic E-state index is 11.7. The van der Waals surface area contributed by atoms with Crippen LogP contribution in [0, 0.1) is 5.92 Å². The molecule has 0 saturated carbocycles. The Bertz CT molecular complexity index is 361. The van der Waals surface area contributed by atoms with Crippen molar-refractivity contribution < 1.29 is 4.79 Å². The quantitative estimate of drug-likeness (QED) is 0.787. The normalized spacial score (nSPS) is 14.3. The average Bonchev–Trinajstić information content (AvgIpc) is 2.63. The second kappa shape index (κ2) is 6.27. The standard InChI is InChI=1S/C12H22N4O/c1-4-9(2)5-10(3)15-12(17)8-16-7-11(13)6-14-16/h6-7,9-10H,4-5,8,13H2,1-3H3,(H,15,17). The number of anilines is 1. The Labute approximate surface area is 102 Å². The van der Waals surface area contributed by atoms with Crippen LogP contribution >= 0.6 is 0 Å². The lowest BCUT2D eigenvalue weighted by molar-refractivity contribution is -0.122. The Kier molecular flexibility index (Phi) is 5.00. The van der Waals surface area contributed by atoms with Crippen molar-refractivity contribution in [1.29, 1.82) is 0 Å². The molecule has 2 unspecified atom stereocenters. The third-order valence-corrected chi connectivity index (χ3v) is 2.82. The topological polar surface area (TPSA) is 72.9 Å². The molecule has 0 aliphatic carbocycles. The molecular formula is C12H22N4O. The van der Waals surface area contributed by atoms with E-state index in [9.17, 15) is 4.79 Å². The zero-order valence-corrected chi connectivity index (χ0v) is 10.8. The number of amides is 1. The molecule has 1 heterocycles. The number of nitrogens with two attached hydrogens (primary N) is 1. The molecule has 5 heteroatoms. The number of nitrogens with zero attached hydrogens (tertiary/aromatic N) is 2. The van der Waals surface area contributed by atoms with E-state index in [0.29, 0.717) is 11.6 Å². The van der Waals surface area contributed by atoms with Crippen molar-refractivity contribution >= 4 is 11.6 Å². The lowest BCUT2D eigenvalue weighted by Gasteiger charge is -2.17. The molecule has 5 nitrogen and oxygen atoms in total. The van der Waals surface area contributed by atoms with Crippen LogP contribution in [0.1, 0.15) is 33.6 Å². The molecule has 1 aromatic rings. The monoisotopic (exact) mass is 238 g/mol. The number of carbonyl (C=O) groups is 1. The van der Waals surface area contributed by atoms with Gasteiger partial charge in [0.25, 0.3) is 0 Å². The van der Waals surface area contributed by atoms with E-state index >= 15 is 0 Å². The predicted molar refractivity (Wildman–Crippen MR) is 68.3 cm³/mol. The van der Waals surface area contributed by atoms with Gasteiger partial charge < -0.3 is 11.1 Å². The van der Waals surface area contributed by atoms with Crippen molar-refractivity contribution in [3.05, 3.63) is 12.4 Å². The summed E-state index contributed by atoms with van der Waals surface area (Å²) in [4.78, 5) is 11.7. The molecule has 1 amide bonds. The van der Waals surface area contributed by atoms with Gasteiger partial charge in [0.2, 0.25) is 5.91 Å². The molecule has 3 N–H and O–H groups in total. The zero-order chi connectivity index (χ0) is 12.8. The maximum Gasteiger partial charge on any atom is 0.241 e. The summed E-state index contributed by atoms with van der Waals surface area (Å²) in [5.41, 5.74) is 6.10. The van der Waals surface area contributed by atoms with Gasteiger partial charge in [-0.05, 0) is 19.3 Å². The average molecular weight is 238 g/mol. The summed E-state index contributed by atoms with van der Waals surface area (Å²) >= 11 is 0. The lowest BCUT2D eigenvalue weighted by Crippen LogP contribution is -2.36. The molecule has 0 aliphatic rings. The number of rotatable bonds is 6. The van der Waals surface area contributed by atoms with Crippen LogP contribution in [-0.2, 0) is 11.3 Å². The summed E-state index contributed by atoms with van der Waals surface area (Å²) in [6.07, 6.45) is 5.33. The summed E-state index contributed by atoms with van der Waals surface area (Å²) in [6.45, 7) is 6.60. The van der Waals surface area contributed by atoms with E-state index < -0.39 is 0 Å². The van der Waals surface area contributed by atoms with Crippen LogP contribution in [0.4, 0.5) is 5.69 Å². The number of nitrogens with one attached hydrogen (secondary N) is 1. The molecular weight excluding hydrogens is 216 g/mol. The van der Waals surface area contributed by atoms with Crippen molar-refractivity contribution in [1.82, 2.24) is 15.1 Å². The van der Waals surface area contributed by atoms with E-state index in [1.165, 1.54) is 6.20 Å². The van der Waals surface area contributed by atoms with Crippen LogP contribution in [-0.4, -0.2) is 21.7 Å². The Morgan fingerprint density at radius 3 is 2.82 bits per heavy atom. The molecule has 17 heavy (non-hydrogen) atoms. The molecule has 96 valence electrons. The highest BCUT2D eigenvalue weighted by atomic mass is 16.2. The van der Waals surface area contributed by atoms with Crippen molar-refractivity contribution in [2.75, 3.05) is 5.73 Å². The van der Waals surface area contributed by atoms with Gasteiger partial charge in [-0.1, -0.05) is 20.3 Å². The van der Waals surface area contributed by atoms with Gasteiger partial charge >= 0.3 is 0 Å². The van der Waals surface area contributed by atoms with Crippen LogP contribution in [0.25, 0.3) is 0 Å². The first kappa shape index (κ1) is 13.5. The summed E-state index contributed by atoms with van der Waals surface area (Å²) in [6, 6.07) is 0.199. The largest absolute Gasteiger partial charge is 0.396 e. The first-order valence-corrected chi connectivity index (χ1v) is 6.08. The van der Waals surface area contributed by atoms with Crippen LogP contribution in [0.3, 0.4) is 0 Å². The van der Waals surface area contributed by atoms with Crippen molar-refractivity contribution in [3.8, 4) is 0 Å². The van der Waals surface area contributed by atoms with Gasteiger partial charge in [0.15, 0.2) is 0 Å². The minimum atomic E-state index is -0.0242. The highest BCUT2D eigenvalue weighted by Gasteiger charge is 2.11. The molecule has 0 radical (unpaired) electrons. The van der Waals surface area contributed by atoms with Crippen molar-refractivity contribution in [2.24, 2.45) is 5.92 Å². The number of hydrogen-bond acceptors (Lipinski definition) is 3. The van der Waals surface area contributed by atoms with Gasteiger partial charge in [-0.15, -0.1) is 0 Å². The fraction of sp³-hybridized carbons (Fsp3) is 0.667. The van der Waals surface area contributed by atoms with Gasteiger partial charge in [0, 0.05) is 12.2 Å². The third-order valence-electron chi connectivity index (χ3n) is 2.82. The molecule has 1 rings (SSSR count). The van der Waals surface area contributed by atoms with E-state index in [0.717, 1.165) is 12.8 Å². The molecule has 2 atom stereocenters. The van der Waals surface area contributed by atoms with Gasteiger partial charge in [-0.25, -0.2) is 0 Å². The summed E-state index contributed by atoms with van der Waals surface area (Å²) in [7, 11) is 0. The number of nitrogen functional groups attached to an aromatic ring is 1. The Hall–Kier alpha value is -1.52. The van der Waals surface area contributed by atoms with Crippen LogP contribution in [0.2, 0.25) is 0 Å². The first-order valence-electron chi connectivity index (χ1n) is 6.08. The first-order chi connectivity index (χ1) is 8.01. The van der Waals surface area contributed by atoms with Crippen molar-refractivity contribution in [3.63, 3.8) is 0 Å². The molecule has 1 aromatic heterocycles. The second-order valence-corrected chi connectivity index (χ2v) is 4.69. The van der Waals surface area contributed by atoms with Crippen LogP contribution < -0.4 is 11.1 Å². The van der Waals surface area contributed by atoms with E-state index in [4.69, 9.17) is 5.73 Å². The van der Waals surface area contributed by atoms with E-state index in [2.05, 4.69) is 24.3 Å². The van der Waals surface area contributed by atoms with E-state index in [1.54, 1.807) is 10.9 Å². The van der Waals surface area contributed by atoms with Crippen LogP contribution in [0.5, 0.6) is 0 Å². The third kappa shape index (κ3) is 4.89. The SMILES string of the molecule is CCC(C)CC(C)NC(=O)Cn1cc(N)cn1. The Morgan fingerprint density at radius 1 is 1.59 bits per heavy atom. The number of carbonyl (C=O) groups excluding carboxylic acids is 1. The van der Waals surface area contributed by atoms with Gasteiger partial charge in [0.05, 0.1) is 11.9 Å². The van der Waals surface area contributed by atoms with Gasteiger partial charge in [-0.2, -0.15) is 5.10 Å². The fourth-order valence-corrected chi connectivity index (χ4v) is 1.76. The maximum atomic E-state index is 11.7. The van der Waals surface area contributed by atoms with E-state index in [1.807, 2.05) is 6.92 Å². The molecule has 0 aliphatic heterocycles. The zero-order valence-electron chi connectivity index (χ0n) is 10.8. The van der Waals surface area contributed by atoms with E-state index in [-0.39, 0.29) is 18.5 Å². The highest BCUT2D eigenvalue weighted by molar-refractivity contribution is 5.75. The number of aromatic nitrogens is 2. The highest BCUT2D eigenvalue weighted by Crippen LogP contribution is 2.09. The minimum Gasteiger partial charge on any atom is -0.396 e. The van der Waals surface area contributed by atoms with Gasteiger partial charge in [0.1, 0.15) is 6.54 Å². The second-order valence-electron chi connectivity index (χ2n) is 4.69. The summed E-state index contributed by atoms with van der Waals surface area (Å²) in [5.74, 6) is 0.606. The Balaban J connectivity index is 2.34. The smallest absolute Gasteiger partial charge is 0.241 e. The Morgan fingerprint density at radius 2 is 2.29 bits per heavy atom. The molecule has 0 saturated heterocycles. The van der Waals surface area contributed by atoms with Gasteiger partial charge in [-0.3, -0.25) is 9.48 Å². The predicted octanol–water partition coefficient (Wildman–Crippen LogP) is 1.41. The fourth-order valence-electron chi connectivity index (χ4n) is 1.76. The van der Waals surface area contributed by atoms with Crippen molar-refractivity contribution in [2.45, 2.75) is 46.2 Å². The van der Waals surface area contributed by atoms with Crippen LogP contribution in [0.15, 0.2) is 12.4 Å². The summed E-state index contributed by atoms with van der Waals surface area (Å²) in [5, 5.41) is 6.93.